The van der Waals surface area contributed by atoms with Gasteiger partial charge < -0.3 is 4.74 Å². The zero-order chi connectivity index (χ0) is 8.81. The molecule has 1 aliphatic rings. The summed E-state index contributed by atoms with van der Waals surface area (Å²) in [7, 11) is 0. The van der Waals surface area contributed by atoms with Gasteiger partial charge in [0.25, 0.3) is 0 Å². The van der Waals surface area contributed by atoms with Gasteiger partial charge >= 0.3 is 5.97 Å². The number of carbonyl (C=O) groups is 1. The molecule has 1 rings (SSSR count). The van der Waals surface area contributed by atoms with Crippen LogP contribution in [0.3, 0.4) is 0 Å². The molecule has 0 aromatic heterocycles. The van der Waals surface area contributed by atoms with Gasteiger partial charge in [-0.1, -0.05) is 12.2 Å². The van der Waals surface area contributed by atoms with E-state index in [0.29, 0.717) is 6.42 Å². The van der Waals surface area contributed by atoms with Gasteiger partial charge in [0, 0.05) is 6.42 Å². The molecule has 12 heavy (non-hydrogen) atoms. The molecule has 1 saturated heterocycles. The van der Waals surface area contributed by atoms with E-state index in [0.717, 1.165) is 25.7 Å². The Morgan fingerprint density at radius 1 is 1.67 bits per heavy atom. The summed E-state index contributed by atoms with van der Waals surface area (Å²) in [5.41, 5.74) is 0. The quantitative estimate of drug-likeness (QED) is 0.366. The van der Waals surface area contributed by atoms with Gasteiger partial charge in [-0.2, -0.15) is 0 Å². The number of allylic oxidation sites excluding steroid dienone is 2. The summed E-state index contributed by atoms with van der Waals surface area (Å²) in [5, 5.41) is 0. The van der Waals surface area contributed by atoms with E-state index in [1.165, 1.54) is 0 Å². The largest absolute Gasteiger partial charge is 0.462 e. The van der Waals surface area contributed by atoms with Crippen LogP contribution in [0.5, 0.6) is 0 Å². The van der Waals surface area contributed by atoms with Crippen LogP contribution in [-0.4, -0.2) is 12.1 Å². The Balaban J connectivity index is 2.04. The summed E-state index contributed by atoms with van der Waals surface area (Å²) in [6.45, 7) is 2.02. The predicted molar refractivity (Wildman–Crippen MR) is 47.8 cm³/mol. The molecule has 0 radical (unpaired) electrons. The molecule has 0 saturated carbocycles. The maximum atomic E-state index is 10.7. The number of rotatable bonds is 4. The molecule has 2 heteroatoms. The van der Waals surface area contributed by atoms with E-state index in [2.05, 4.69) is 12.2 Å². The minimum Gasteiger partial charge on any atom is -0.462 e. The van der Waals surface area contributed by atoms with Gasteiger partial charge in [0.05, 0.1) is 0 Å². The molecule has 1 heterocycles. The lowest BCUT2D eigenvalue weighted by molar-refractivity contribution is -0.141. The summed E-state index contributed by atoms with van der Waals surface area (Å²) < 4.78 is 5.08. The SMILES string of the molecule is CC=CCCCC1CCC(=O)O1. The lowest BCUT2D eigenvalue weighted by Crippen LogP contribution is -2.05. The Hall–Kier alpha value is -0.790. The Morgan fingerprint density at radius 2 is 2.50 bits per heavy atom. The van der Waals surface area contributed by atoms with Gasteiger partial charge in [0.15, 0.2) is 0 Å². The minimum absolute atomic E-state index is 0.0222. The molecule has 0 aromatic rings. The molecule has 0 aliphatic carbocycles. The summed E-state index contributed by atoms with van der Waals surface area (Å²) in [6.07, 6.45) is 9.21. The number of hydrogen-bond donors (Lipinski definition) is 0. The van der Waals surface area contributed by atoms with Crippen LogP contribution in [0.1, 0.15) is 39.0 Å². The minimum atomic E-state index is -0.0222. The van der Waals surface area contributed by atoms with E-state index in [-0.39, 0.29) is 12.1 Å². The van der Waals surface area contributed by atoms with Gasteiger partial charge in [0.1, 0.15) is 6.10 Å². The van der Waals surface area contributed by atoms with Gasteiger partial charge in [-0.05, 0) is 32.6 Å². The third-order valence-corrected chi connectivity index (χ3v) is 2.10. The van der Waals surface area contributed by atoms with Crippen LogP contribution in [0, 0.1) is 0 Å². The van der Waals surface area contributed by atoms with Crippen LogP contribution in [0.4, 0.5) is 0 Å². The van der Waals surface area contributed by atoms with E-state index in [4.69, 9.17) is 4.74 Å². The summed E-state index contributed by atoms with van der Waals surface area (Å²) in [5.74, 6) is -0.0222. The highest BCUT2D eigenvalue weighted by Crippen LogP contribution is 2.18. The molecule has 0 bridgehead atoms. The number of cyclic esters (lactones) is 1. The zero-order valence-corrected chi connectivity index (χ0v) is 7.58. The first kappa shape index (κ1) is 9.30. The van der Waals surface area contributed by atoms with Crippen LogP contribution in [-0.2, 0) is 9.53 Å². The normalized spacial score (nSPS) is 23.4. The second kappa shape index (κ2) is 4.96. The fourth-order valence-electron chi connectivity index (χ4n) is 1.42. The zero-order valence-electron chi connectivity index (χ0n) is 7.58. The van der Waals surface area contributed by atoms with Crippen LogP contribution in [0.15, 0.2) is 12.2 Å². The van der Waals surface area contributed by atoms with Crippen molar-refractivity contribution in [3.8, 4) is 0 Å². The Labute approximate surface area is 73.6 Å². The topological polar surface area (TPSA) is 26.3 Å². The van der Waals surface area contributed by atoms with Crippen molar-refractivity contribution in [2.75, 3.05) is 0 Å². The van der Waals surface area contributed by atoms with Crippen molar-refractivity contribution in [3.63, 3.8) is 0 Å². The maximum absolute atomic E-state index is 10.7. The molecule has 0 N–H and O–H groups in total. The van der Waals surface area contributed by atoms with Gasteiger partial charge in [-0.25, -0.2) is 0 Å². The van der Waals surface area contributed by atoms with Gasteiger partial charge in [-0.3, -0.25) is 4.79 Å². The third kappa shape index (κ3) is 3.07. The summed E-state index contributed by atoms with van der Waals surface area (Å²) in [6, 6.07) is 0. The summed E-state index contributed by atoms with van der Waals surface area (Å²) >= 11 is 0. The Bertz CT molecular complexity index is 173. The van der Waals surface area contributed by atoms with Crippen molar-refractivity contribution < 1.29 is 9.53 Å². The molecular weight excluding hydrogens is 152 g/mol. The van der Waals surface area contributed by atoms with Crippen molar-refractivity contribution in [3.05, 3.63) is 12.2 Å². The van der Waals surface area contributed by atoms with Crippen molar-refractivity contribution >= 4 is 5.97 Å². The molecule has 2 nitrogen and oxygen atoms in total. The van der Waals surface area contributed by atoms with Crippen LogP contribution >= 0.6 is 0 Å². The lowest BCUT2D eigenvalue weighted by Gasteiger charge is -2.06. The van der Waals surface area contributed by atoms with Crippen molar-refractivity contribution in [2.24, 2.45) is 0 Å². The first-order valence-corrected chi connectivity index (χ1v) is 4.63. The predicted octanol–water partition coefficient (Wildman–Crippen LogP) is 2.44. The van der Waals surface area contributed by atoms with E-state index in [9.17, 15) is 4.79 Å². The third-order valence-electron chi connectivity index (χ3n) is 2.10. The number of unbranched alkanes of at least 4 members (excludes halogenated alkanes) is 1. The van der Waals surface area contributed by atoms with Crippen LogP contribution < -0.4 is 0 Å². The molecule has 1 unspecified atom stereocenters. The maximum Gasteiger partial charge on any atom is 0.306 e. The smallest absolute Gasteiger partial charge is 0.306 e. The molecule has 1 atom stereocenters. The van der Waals surface area contributed by atoms with Crippen molar-refractivity contribution in [1.82, 2.24) is 0 Å². The molecule has 0 aromatic carbocycles. The number of esters is 1. The Morgan fingerprint density at radius 3 is 3.08 bits per heavy atom. The fourth-order valence-corrected chi connectivity index (χ4v) is 1.42. The van der Waals surface area contributed by atoms with Gasteiger partial charge in [0.2, 0.25) is 0 Å². The second-order valence-electron chi connectivity index (χ2n) is 3.15. The van der Waals surface area contributed by atoms with E-state index in [1.807, 2.05) is 6.92 Å². The average molecular weight is 168 g/mol. The fraction of sp³-hybridized carbons (Fsp3) is 0.700. The monoisotopic (exact) mass is 168 g/mol. The molecule has 1 aliphatic heterocycles. The highest BCUT2D eigenvalue weighted by Gasteiger charge is 2.21. The molecular formula is C10H16O2. The summed E-state index contributed by atoms with van der Waals surface area (Å²) in [4.78, 5) is 10.7. The van der Waals surface area contributed by atoms with Crippen LogP contribution in [0.25, 0.3) is 0 Å². The number of hydrogen-bond acceptors (Lipinski definition) is 2. The number of ether oxygens (including phenoxy) is 1. The van der Waals surface area contributed by atoms with Crippen molar-refractivity contribution in [1.29, 1.82) is 0 Å². The standard InChI is InChI=1S/C10H16O2/c1-2-3-4-5-6-9-7-8-10(11)12-9/h2-3,9H,4-8H2,1H3. The van der Waals surface area contributed by atoms with E-state index >= 15 is 0 Å². The van der Waals surface area contributed by atoms with Crippen LogP contribution in [0.2, 0.25) is 0 Å². The van der Waals surface area contributed by atoms with E-state index < -0.39 is 0 Å². The first-order chi connectivity index (χ1) is 5.83. The number of carbonyl (C=O) groups excluding carboxylic acids is 1. The average Bonchev–Trinajstić information content (AvgIpc) is 2.45. The molecule has 68 valence electrons. The first-order valence-electron chi connectivity index (χ1n) is 4.63. The van der Waals surface area contributed by atoms with E-state index in [1.54, 1.807) is 0 Å². The second-order valence-corrected chi connectivity index (χ2v) is 3.15. The lowest BCUT2D eigenvalue weighted by atomic mass is 10.1. The molecule has 0 spiro atoms. The highest BCUT2D eigenvalue weighted by atomic mass is 16.5. The highest BCUT2D eigenvalue weighted by molar-refractivity contribution is 5.71. The Kier molecular flexibility index (Phi) is 3.85. The van der Waals surface area contributed by atoms with Crippen molar-refractivity contribution in [2.45, 2.75) is 45.1 Å². The van der Waals surface area contributed by atoms with Gasteiger partial charge in [-0.15, -0.1) is 0 Å². The molecule has 0 amide bonds. The molecule has 1 fully saturated rings.